The summed E-state index contributed by atoms with van der Waals surface area (Å²) in [4.78, 5) is 14.8. The Balaban J connectivity index is 1.62. The molecule has 25 heavy (non-hydrogen) atoms. The zero-order valence-electron chi connectivity index (χ0n) is 13.1. The molecule has 5 heteroatoms. The maximum Gasteiger partial charge on any atom is 0.270 e. The predicted molar refractivity (Wildman–Crippen MR) is 106 cm³/mol. The summed E-state index contributed by atoms with van der Waals surface area (Å²) in [5.74, 6) is 1.27. The minimum atomic E-state index is -0.126. The first kappa shape index (κ1) is 15.9. The third-order valence-electron chi connectivity index (χ3n) is 3.77. The number of rotatable bonds is 3. The van der Waals surface area contributed by atoms with Crippen LogP contribution in [0.1, 0.15) is 5.76 Å². The zero-order valence-corrected chi connectivity index (χ0v) is 14.7. The van der Waals surface area contributed by atoms with Gasteiger partial charge in [0.15, 0.2) is 4.32 Å². The molecule has 0 radical (unpaired) electrons. The van der Waals surface area contributed by atoms with E-state index in [9.17, 15) is 4.79 Å². The summed E-state index contributed by atoms with van der Waals surface area (Å²) in [5, 5.41) is 0. The number of hydrogen-bond donors (Lipinski definition) is 0. The summed E-state index contributed by atoms with van der Waals surface area (Å²) >= 11 is 6.66. The number of furan rings is 1. The zero-order chi connectivity index (χ0) is 17.2. The molecular formula is C20H13NO2S2. The molecule has 3 aromatic rings. The summed E-state index contributed by atoms with van der Waals surface area (Å²) in [7, 11) is 0. The highest BCUT2D eigenvalue weighted by atomic mass is 32.2. The summed E-state index contributed by atoms with van der Waals surface area (Å²) < 4.78 is 6.38. The van der Waals surface area contributed by atoms with Crippen molar-refractivity contribution in [2.75, 3.05) is 4.90 Å². The molecule has 2 heterocycles. The van der Waals surface area contributed by atoms with E-state index in [4.69, 9.17) is 16.6 Å². The van der Waals surface area contributed by atoms with Crippen molar-refractivity contribution in [2.45, 2.75) is 0 Å². The highest BCUT2D eigenvalue weighted by Gasteiger charge is 2.33. The fourth-order valence-corrected chi connectivity index (χ4v) is 3.86. The monoisotopic (exact) mass is 363 g/mol. The van der Waals surface area contributed by atoms with Crippen LogP contribution in [-0.2, 0) is 4.79 Å². The molecule has 0 aliphatic carbocycles. The summed E-state index contributed by atoms with van der Waals surface area (Å²) in [6.45, 7) is 0. The van der Waals surface area contributed by atoms with Crippen LogP contribution in [0.2, 0.25) is 0 Å². The number of nitrogens with zero attached hydrogens (tertiary/aromatic N) is 1. The van der Waals surface area contributed by atoms with E-state index in [1.54, 1.807) is 11.0 Å². The van der Waals surface area contributed by atoms with E-state index < -0.39 is 0 Å². The van der Waals surface area contributed by atoms with Gasteiger partial charge in [-0.3, -0.25) is 9.69 Å². The van der Waals surface area contributed by atoms with Gasteiger partial charge in [-0.15, -0.1) is 0 Å². The molecule has 1 fully saturated rings. The fourth-order valence-electron chi connectivity index (χ4n) is 2.58. The highest BCUT2D eigenvalue weighted by Crippen LogP contribution is 2.36. The maximum atomic E-state index is 12.7. The van der Waals surface area contributed by atoms with Crippen LogP contribution in [0.5, 0.6) is 0 Å². The van der Waals surface area contributed by atoms with E-state index in [0.717, 1.165) is 17.0 Å². The summed E-state index contributed by atoms with van der Waals surface area (Å²) in [6.07, 6.45) is 1.74. The van der Waals surface area contributed by atoms with Gasteiger partial charge in [0.1, 0.15) is 11.5 Å². The average molecular weight is 363 g/mol. The van der Waals surface area contributed by atoms with Gasteiger partial charge >= 0.3 is 0 Å². The smallest absolute Gasteiger partial charge is 0.270 e. The van der Waals surface area contributed by atoms with Crippen molar-refractivity contribution in [2.24, 2.45) is 0 Å². The molecule has 1 aromatic heterocycles. The van der Waals surface area contributed by atoms with Crippen LogP contribution in [0.3, 0.4) is 0 Å². The first-order chi connectivity index (χ1) is 12.2. The summed E-state index contributed by atoms with van der Waals surface area (Å²) in [5.41, 5.74) is 1.77. The normalized spacial score (nSPS) is 16.0. The number of para-hydroxylation sites is 1. The number of hydrogen-bond acceptors (Lipinski definition) is 4. The number of anilines is 1. The molecule has 122 valence electrons. The highest BCUT2D eigenvalue weighted by molar-refractivity contribution is 8.27. The van der Waals surface area contributed by atoms with Gasteiger partial charge in [0.25, 0.3) is 5.91 Å². The van der Waals surface area contributed by atoms with Crippen LogP contribution in [0.15, 0.2) is 82.1 Å². The lowest BCUT2D eigenvalue weighted by Gasteiger charge is -2.13. The average Bonchev–Trinajstić information content (AvgIpc) is 3.22. The predicted octanol–water partition coefficient (Wildman–Crippen LogP) is 5.35. The van der Waals surface area contributed by atoms with Crippen molar-refractivity contribution in [3.05, 3.63) is 83.5 Å². The molecule has 0 N–H and O–H groups in total. The number of carbonyl (C=O) groups excluding carboxylic acids is 1. The van der Waals surface area contributed by atoms with Crippen molar-refractivity contribution in [3.8, 4) is 11.3 Å². The Labute approximate surface area is 155 Å². The number of thioether (sulfide) groups is 1. The van der Waals surface area contributed by atoms with Crippen molar-refractivity contribution >= 4 is 46.0 Å². The largest absolute Gasteiger partial charge is 0.457 e. The Bertz CT molecular complexity index is 962. The Morgan fingerprint density at radius 3 is 2.32 bits per heavy atom. The maximum absolute atomic E-state index is 12.7. The molecule has 1 amide bonds. The third kappa shape index (κ3) is 3.16. The van der Waals surface area contributed by atoms with Crippen LogP contribution >= 0.6 is 24.0 Å². The van der Waals surface area contributed by atoms with Crippen molar-refractivity contribution in [3.63, 3.8) is 0 Å². The molecule has 0 saturated carbocycles. The fraction of sp³-hybridized carbons (Fsp3) is 0. The van der Waals surface area contributed by atoms with E-state index in [0.29, 0.717) is 15.0 Å². The number of carbonyl (C=O) groups is 1. The molecule has 4 rings (SSSR count). The third-order valence-corrected chi connectivity index (χ3v) is 5.07. The SMILES string of the molecule is O=C1C(=Cc2ccc(-c3ccccc3)o2)SC(=S)N1c1ccccc1. The van der Waals surface area contributed by atoms with E-state index in [1.165, 1.54) is 11.8 Å². The molecule has 1 aliphatic heterocycles. The van der Waals surface area contributed by atoms with Crippen LogP contribution in [-0.4, -0.2) is 10.2 Å². The lowest BCUT2D eigenvalue weighted by molar-refractivity contribution is -0.113. The van der Waals surface area contributed by atoms with Crippen LogP contribution in [0.25, 0.3) is 17.4 Å². The second-order valence-corrected chi connectivity index (χ2v) is 7.10. The molecule has 0 unspecified atom stereocenters. The topological polar surface area (TPSA) is 33.5 Å². The lowest BCUT2D eigenvalue weighted by atomic mass is 10.2. The molecular weight excluding hydrogens is 350 g/mol. The molecule has 0 bridgehead atoms. The van der Waals surface area contributed by atoms with Gasteiger partial charge in [-0.1, -0.05) is 72.5 Å². The van der Waals surface area contributed by atoms with Crippen LogP contribution in [0, 0.1) is 0 Å². The molecule has 0 spiro atoms. The van der Waals surface area contributed by atoms with E-state index >= 15 is 0 Å². The number of benzene rings is 2. The van der Waals surface area contributed by atoms with Crippen molar-refractivity contribution < 1.29 is 9.21 Å². The molecule has 0 atom stereocenters. The second kappa shape index (κ2) is 6.70. The first-order valence-electron chi connectivity index (χ1n) is 7.70. The van der Waals surface area contributed by atoms with E-state index in [-0.39, 0.29) is 5.91 Å². The standard InChI is InChI=1S/C20H13NO2S2/c22-19-18(25-20(24)21(19)15-9-5-2-6-10-15)13-16-11-12-17(23-16)14-7-3-1-4-8-14/h1-13H. The second-order valence-electron chi connectivity index (χ2n) is 5.42. The summed E-state index contributed by atoms with van der Waals surface area (Å²) in [6, 6.07) is 23.0. The Kier molecular flexibility index (Phi) is 4.26. The minimum absolute atomic E-state index is 0.126. The number of thiocarbonyl (C=S) groups is 1. The van der Waals surface area contributed by atoms with Gasteiger partial charge in [0.2, 0.25) is 0 Å². The minimum Gasteiger partial charge on any atom is -0.457 e. The molecule has 1 aliphatic rings. The van der Waals surface area contributed by atoms with Gasteiger partial charge in [0, 0.05) is 11.6 Å². The lowest BCUT2D eigenvalue weighted by Crippen LogP contribution is -2.27. The van der Waals surface area contributed by atoms with Gasteiger partial charge < -0.3 is 4.42 Å². The van der Waals surface area contributed by atoms with E-state index in [2.05, 4.69) is 0 Å². The van der Waals surface area contributed by atoms with E-state index in [1.807, 2.05) is 72.8 Å². The van der Waals surface area contributed by atoms with Gasteiger partial charge in [-0.05, 0) is 24.3 Å². The Morgan fingerprint density at radius 2 is 1.60 bits per heavy atom. The van der Waals surface area contributed by atoms with Crippen molar-refractivity contribution in [1.82, 2.24) is 0 Å². The van der Waals surface area contributed by atoms with Crippen molar-refractivity contribution in [1.29, 1.82) is 0 Å². The quantitative estimate of drug-likeness (QED) is 0.464. The number of amides is 1. The van der Waals surface area contributed by atoms with Gasteiger partial charge in [-0.2, -0.15) is 0 Å². The first-order valence-corrected chi connectivity index (χ1v) is 8.93. The molecule has 3 nitrogen and oxygen atoms in total. The molecule has 2 aromatic carbocycles. The van der Waals surface area contributed by atoms with Crippen LogP contribution < -0.4 is 4.90 Å². The van der Waals surface area contributed by atoms with Crippen LogP contribution in [0.4, 0.5) is 5.69 Å². The Morgan fingerprint density at radius 1 is 0.920 bits per heavy atom. The van der Waals surface area contributed by atoms with Gasteiger partial charge in [0.05, 0.1) is 10.6 Å². The Hall–Kier alpha value is -2.63. The van der Waals surface area contributed by atoms with Gasteiger partial charge in [-0.25, -0.2) is 0 Å². The molecule has 1 saturated heterocycles.